The second-order valence-electron chi connectivity index (χ2n) is 3.41. The van der Waals surface area contributed by atoms with E-state index in [2.05, 4.69) is 22.6 Å². The predicted molar refractivity (Wildman–Crippen MR) is 83.3 cm³/mol. The molecule has 94 valence electrons. The Morgan fingerprint density at radius 2 is 2.11 bits per heavy atom. The maximum absolute atomic E-state index is 11.9. The average molecular weight is 413 g/mol. The first-order valence-corrected chi connectivity index (χ1v) is 7.58. The molecule has 0 amide bonds. The van der Waals surface area contributed by atoms with Crippen LogP contribution in [0.2, 0.25) is 8.67 Å². The number of carbonyl (C=O) groups excluding carboxylic acids is 1. The molecule has 0 aliphatic carbocycles. The summed E-state index contributed by atoms with van der Waals surface area (Å²) in [5, 5.41) is 0. The van der Waals surface area contributed by atoms with Crippen molar-refractivity contribution >= 4 is 62.9 Å². The average Bonchev–Trinajstić information content (AvgIpc) is 2.66. The first kappa shape index (κ1) is 14.1. The van der Waals surface area contributed by atoms with Crippen LogP contribution in [0.3, 0.4) is 0 Å². The quantitative estimate of drug-likeness (QED) is 0.526. The van der Waals surface area contributed by atoms with Crippen LogP contribution in [0.1, 0.15) is 10.4 Å². The number of Topliss-reactive ketones (excluding diaryl/α,β-unsaturated/α-hetero) is 1. The van der Waals surface area contributed by atoms with Crippen LogP contribution >= 0.6 is 57.1 Å². The van der Waals surface area contributed by atoms with Gasteiger partial charge in [0.2, 0.25) is 5.78 Å². The third-order valence-corrected chi connectivity index (χ3v) is 4.28. The van der Waals surface area contributed by atoms with Crippen molar-refractivity contribution in [1.82, 2.24) is 0 Å². The van der Waals surface area contributed by atoms with E-state index in [0.717, 1.165) is 3.57 Å². The molecule has 0 aliphatic heterocycles. The van der Waals surface area contributed by atoms with Crippen molar-refractivity contribution in [3.8, 4) is 5.75 Å². The Kier molecular flexibility index (Phi) is 4.89. The number of carbonyl (C=O) groups is 1. The van der Waals surface area contributed by atoms with Crippen LogP contribution in [0.15, 0.2) is 30.3 Å². The zero-order valence-electron chi connectivity index (χ0n) is 8.95. The van der Waals surface area contributed by atoms with Crippen LogP contribution in [0.5, 0.6) is 5.75 Å². The van der Waals surface area contributed by atoms with E-state index in [1.54, 1.807) is 12.1 Å². The topological polar surface area (TPSA) is 26.3 Å². The van der Waals surface area contributed by atoms with Gasteiger partial charge >= 0.3 is 0 Å². The van der Waals surface area contributed by atoms with Crippen LogP contribution in [0, 0.1) is 3.57 Å². The number of ether oxygens (including phenoxy) is 1. The normalized spacial score (nSPS) is 10.4. The van der Waals surface area contributed by atoms with Crippen molar-refractivity contribution in [2.45, 2.75) is 0 Å². The lowest BCUT2D eigenvalue weighted by Crippen LogP contribution is -2.11. The molecule has 0 radical (unpaired) electrons. The number of rotatable bonds is 4. The van der Waals surface area contributed by atoms with E-state index in [9.17, 15) is 4.79 Å². The molecule has 0 bridgehead atoms. The smallest absolute Gasteiger partial charge is 0.202 e. The summed E-state index contributed by atoms with van der Waals surface area (Å²) in [4.78, 5) is 11.9. The maximum atomic E-state index is 11.9. The van der Waals surface area contributed by atoms with Crippen LogP contribution in [0.4, 0.5) is 0 Å². The molecule has 0 atom stereocenters. The molecule has 6 heteroatoms. The molecule has 18 heavy (non-hydrogen) atoms. The molecule has 0 unspecified atom stereocenters. The van der Waals surface area contributed by atoms with E-state index in [4.69, 9.17) is 27.9 Å². The third-order valence-electron chi connectivity index (χ3n) is 2.12. The van der Waals surface area contributed by atoms with E-state index in [0.29, 0.717) is 20.0 Å². The molecular weight excluding hydrogens is 406 g/mol. The lowest BCUT2D eigenvalue weighted by Gasteiger charge is -2.05. The number of hydrogen-bond donors (Lipinski definition) is 0. The molecule has 2 nitrogen and oxygen atoms in total. The number of benzene rings is 1. The van der Waals surface area contributed by atoms with Gasteiger partial charge < -0.3 is 4.74 Å². The fourth-order valence-corrected chi connectivity index (χ4v) is 3.33. The second kappa shape index (κ2) is 6.23. The molecular formula is C12H7Cl2IO2S. The fourth-order valence-electron chi connectivity index (χ4n) is 1.31. The summed E-state index contributed by atoms with van der Waals surface area (Å²) < 4.78 is 7.36. The lowest BCUT2D eigenvalue weighted by atomic mass is 10.2. The number of halogens is 3. The van der Waals surface area contributed by atoms with Gasteiger partial charge in [0, 0.05) is 3.57 Å². The Hall–Kier alpha value is -0.300. The first-order valence-electron chi connectivity index (χ1n) is 4.92. The van der Waals surface area contributed by atoms with Crippen molar-refractivity contribution in [2.24, 2.45) is 0 Å². The van der Waals surface area contributed by atoms with Gasteiger partial charge in [-0.05, 0) is 46.9 Å². The van der Waals surface area contributed by atoms with E-state index in [-0.39, 0.29) is 12.4 Å². The summed E-state index contributed by atoms with van der Waals surface area (Å²) in [6, 6.07) is 9.05. The summed E-state index contributed by atoms with van der Waals surface area (Å²) >= 11 is 15.0. The van der Waals surface area contributed by atoms with Crippen molar-refractivity contribution < 1.29 is 9.53 Å². The van der Waals surface area contributed by atoms with Crippen molar-refractivity contribution in [2.75, 3.05) is 6.61 Å². The van der Waals surface area contributed by atoms with Gasteiger partial charge in [0.05, 0.1) is 9.90 Å². The molecule has 0 saturated heterocycles. The highest BCUT2D eigenvalue weighted by Gasteiger charge is 2.14. The lowest BCUT2D eigenvalue weighted by molar-refractivity contribution is 0.0922. The molecule has 0 fully saturated rings. The molecule has 1 aromatic carbocycles. The van der Waals surface area contributed by atoms with Gasteiger partial charge in [-0.1, -0.05) is 29.3 Å². The fraction of sp³-hybridized carbons (Fsp3) is 0.0833. The van der Waals surface area contributed by atoms with Gasteiger partial charge in [-0.3, -0.25) is 4.79 Å². The SMILES string of the molecule is O=C(COc1cccc(I)c1)c1cc(Cl)sc1Cl. The molecule has 0 N–H and O–H groups in total. The van der Waals surface area contributed by atoms with Crippen LogP contribution in [-0.2, 0) is 0 Å². The number of thiophene rings is 1. The predicted octanol–water partition coefficient (Wildman–Crippen LogP) is 4.92. The Morgan fingerprint density at radius 3 is 2.72 bits per heavy atom. The molecule has 0 aliphatic rings. The van der Waals surface area contributed by atoms with Crippen LogP contribution in [-0.4, -0.2) is 12.4 Å². The second-order valence-corrected chi connectivity index (χ2v) is 6.94. The van der Waals surface area contributed by atoms with Crippen LogP contribution < -0.4 is 4.74 Å². The summed E-state index contributed by atoms with van der Waals surface area (Å²) in [6.45, 7) is -0.0487. The standard InChI is InChI=1S/C12H7Cl2IO2S/c13-11-5-9(12(14)18-11)10(16)6-17-8-3-1-2-7(15)4-8/h1-5H,6H2. The Bertz CT molecular complexity index is 583. The number of hydrogen-bond acceptors (Lipinski definition) is 3. The zero-order chi connectivity index (χ0) is 13.1. The van der Waals surface area contributed by atoms with Crippen molar-refractivity contribution in [3.05, 3.63) is 48.1 Å². The summed E-state index contributed by atoms with van der Waals surface area (Å²) in [7, 11) is 0. The van der Waals surface area contributed by atoms with Crippen molar-refractivity contribution in [1.29, 1.82) is 0 Å². The summed E-state index contributed by atoms with van der Waals surface area (Å²) in [5.41, 5.74) is 0.414. The third kappa shape index (κ3) is 3.60. The van der Waals surface area contributed by atoms with Crippen LogP contribution in [0.25, 0.3) is 0 Å². The maximum Gasteiger partial charge on any atom is 0.202 e. The molecule has 1 aromatic heterocycles. The monoisotopic (exact) mass is 412 g/mol. The Labute approximate surface area is 132 Å². The Morgan fingerprint density at radius 1 is 1.33 bits per heavy atom. The highest BCUT2D eigenvalue weighted by atomic mass is 127. The van der Waals surface area contributed by atoms with Gasteiger partial charge in [-0.2, -0.15) is 0 Å². The highest BCUT2D eigenvalue weighted by molar-refractivity contribution is 14.1. The summed E-state index contributed by atoms with van der Waals surface area (Å²) in [5.74, 6) is 0.481. The molecule has 1 heterocycles. The van der Waals surface area contributed by atoms with E-state index in [1.165, 1.54) is 11.3 Å². The first-order chi connectivity index (χ1) is 8.56. The zero-order valence-corrected chi connectivity index (χ0v) is 13.4. The van der Waals surface area contributed by atoms with E-state index in [1.807, 2.05) is 18.2 Å². The molecule has 2 rings (SSSR count). The Balaban J connectivity index is 2.03. The minimum Gasteiger partial charge on any atom is -0.485 e. The van der Waals surface area contributed by atoms with Gasteiger partial charge in [0.15, 0.2) is 6.61 Å². The molecule has 2 aromatic rings. The summed E-state index contributed by atoms with van der Waals surface area (Å²) in [6.07, 6.45) is 0. The van der Waals surface area contributed by atoms with Gasteiger partial charge in [0.1, 0.15) is 10.1 Å². The van der Waals surface area contributed by atoms with Gasteiger partial charge in [0.25, 0.3) is 0 Å². The van der Waals surface area contributed by atoms with Gasteiger partial charge in [-0.15, -0.1) is 11.3 Å². The highest BCUT2D eigenvalue weighted by Crippen LogP contribution is 2.31. The minimum absolute atomic E-state index is 0.0487. The van der Waals surface area contributed by atoms with E-state index < -0.39 is 0 Å². The number of ketones is 1. The minimum atomic E-state index is -0.179. The van der Waals surface area contributed by atoms with Crippen molar-refractivity contribution in [3.63, 3.8) is 0 Å². The van der Waals surface area contributed by atoms with Gasteiger partial charge in [-0.25, -0.2) is 0 Å². The largest absolute Gasteiger partial charge is 0.485 e. The molecule has 0 spiro atoms. The molecule has 0 saturated carbocycles. The van der Waals surface area contributed by atoms with E-state index >= 15 is 0 Å².